The van der Waals surface area contributed by atoms with Crippen molar-refractivity contribution in [3.63, 3.8) is 0 Å². The van der Waals surface area contributed by atoms with Crippen LogP contribution in [0.15, 0.2) is 60.2 Å². The predicted molar refractivity (Wildman–Crippen MR) is 125 cm³/mol. The lowest BCUT2D eigenvalue weighted by Crippen LogP contribution is -2.14. The van der Waals surface area contributed by atoms with Crippen LogP contribution in [0.3, 0.4) is 0 Å². The van der Waals surface area contributed by atoms with E-state index in [1.165, 1.54) is 11.3 Å². The molecule has 0 saturated heterocycles. The van der Waals surface area contributed by atoms with Gasteiger partial charge in [0, 0.05) is 35.6 Å². The van der Waals surface area contributed by atoms with E-state index >= 15 is 0 Å². The Labute approximate surface area is 190 Å². The lowest BCUT2D eigenvalue weighted by molar-refractivity contribution is -0.115. The molecule has 4 aromatic rings. The number of hydrogen-bond donors (Lipinski definition) is 1. The average Bonchev–Trinajstić information content (AvgIpc) is 3.43. The Morgan fingerprint density at radius 1 is 1.09 bits per heavy atom. The summed E-state index contributed by atoms with van der Waals surface area (Å²) in [7, 11) is 3.20. The Morgan fingerprint density at radius 2 is 1.88 bits per heavy atom. The van der Waals surface area contributed by atoms with E-state index in [-0.39, 0.29) is 12.3 Å². The number of aryl methyl sites for hydroxylation is 1. The first kappa shape index (κ1) is 21.6. The third kappa shape index (κ3) is 4.97. The van der Waals surface area contributed by atoms with Crippen LogP contribution in [0, 0.1) is 6.92 Å². The number of aromatic nitrogens is 3. The number of hydrogen-bond acceptors (Lipinski definition) is 6. The Morgan fingerprint density at radius 3 is 2.56 bits per heavy atom. The zero-order chi connectivity index (χ0) is 22.5. The van der Waals surface area contributed by atoms with Gasteiger partial charge >= 0.3 is 0 Å². The molecule has 0 saturated carbocycles. The fourth-order valence-electron chi connectivity index (χ4n) is 3.32. The van der Waals surface area contributed by atoms with Gasteiger partial charge in [-0.1, -0.05) is 12.1 Å². The summed E-state index contributed by atoms with van der Waals surface area (Å²) in [6, 6.07) is 13.5. The van der Waals surface area contributed by atoms with E-state index in [0.29, 0.717) is 11.5 Å². The first-order valence-corrected chi connectivity index (χ1v) is 11.0. The van der Waals surface area contributed by atoms with Gasteiger partial charge in [-0.25, -0.2) is 9.97 Å². The first-order chi connectivity index (χ1) is 15.6. The molecule has 0 unspecified atom stereocenters. The van der Waals surface area contributed by atoms with Gasteiger partial charge < -0.3 is 19.4 Å². The molecule has 1 amide bonds. The Hall–Kier alpha value is -3.65. The van der Waals surface area contributed by atoms with Crippen LogP contribution < -0.4 is 14.8 Å². The van der Waals surface area contributed by atoms with E-state index in [9.17, 15) is 4.79 Å². The second-order valence-electron chi connectivity index (χ2n) is 7.24. The van der Waals surface area contributed by atoms with Crippen molar-refractivity contribution in [3.8, 4) is 22.1 Å². The predicted octanol–water partition coefficient (Wildman–Crippen LogP) is 4.56. The van der Waals surface area contributed by atoms with E-state index < -0.39 is 0 Å². The van der Waals surface area contributed by atoms with Crippen LogP contribution in [-0.4, -0.2) is 34.7 Å². The fourth-order valence-corrected chi connectivity index (χ4v) is 4.14. The Bertz CT molecular complexity index is 1210. The van der Waals surface area contributed by atoms with E-state index in [0.717, 1.165) is 39.9 Å². The molecule has 0 aliphatic carbocycles. The molecule has 0 fully saturated rings. The minimum atomic E-state index is -0.104. The molecular weight excluding hydrogens is 424 g/mol. The van der Waals surface area contributed by atoms with Crippen molar-refractivity contribution in [2.45, 2.75) is 19.9 Å². The highest BCUT2D eigenvalue weighted by Crippen LogP contribution is 2.33. The maximum absolute atomic E-state index is 12.5. The Balaban J connectivity index is 1.37. The number of carbonyl (C=O) groups is 1. The molecule has 0 aliphatic rings. The third-order valence-corrected chi connectivity index (χ3v) is 5.98. The summed E-state index contributed by atoms with van der Waals surface area (Å²) < 4.78 is 12.7. The highest BCUT2D eigenvalue weighted by molar-refractivity contribution is 7.13. The molecule has 0 aliphatic heterocycles. The van der Waals surface area contributed by atoms with Gasteiger partial charge in [-0.2, -0.15) is 0 Å². The highest BCUT2D eigenvalue weighted by Gasteiger charge is 2.12. The van der Waals surface area contributed by atoms with Crippen LogP contribution in [0.25, 0.3) is 10.6 Å². The summed E-state index contributed by atoms with van der Waals surface area (Å²) in [6.07, 6.45) is 3.95. The van der Waals surface area contributed by atoms with Crippen molar-refractivity contribution in [3.05, 3.63) is 77.3 Å². The van der Waals surface area contributed by atoms with Gasteiger partial charge in [-0.3, -0.25) is 4.79 Å². The van der Waals surface area contributed by atoms with E-state index in [2.05, 4.69) is 19.9 Å². The molecule has 4 rings (SSSR count). The monoisotopic (exact) mass is 448 g/mol. The summed E-state index contributed by atoms with van der Waals surface area (Å²) in [5.74, 6) is 2.18. The Kier molecular flexibility index (Phi) is 6.51. The van der Waals surface area contributed by atoms with Crippen molar-refractivity contribution in [2.75, 3.05) is 19.5 Å². The van der Waals surface area contributed by atoms with Crippen molar-refractivity contribution >= 4 is 22.9 Å². The standard InChI is InChI=1S/C24H24N4O3S/c1-16-25-10-11-28(16)14-17-4-7-19(8-5-17)26-23(29)13-20-15-32-24(27-20)18-6-9-21(30-2)22(12-18)31-3/h4-12,15H,13-14H2,1-3H3,(H,26,29). The zero-order valence-corrected chi connectivity index (χ0v) is 19.0. The number of ether oxygens (including phenoxy) is 2. The molecular formula is C24H24N4O3S. The van der Waals surface area contributed by atoms with Gasteiger partial charge in [0.2, 0.25) is 5.91 Å². The molecule has 0 spiro atoms. The normalized spacial score (nSPS) is 10.7. The van der Waals surface area contributed by atoms with Crippen molar-refractivity contribution in [1.29, 1.82) is 0 Å². The quantitative estimate of drug-likeness (QED) is 0.427. The van der Waals surface area contributed by atoms with Crippen molar-refractivity contribution in [1.82, 2.24) is 14.5 Å². The van der Waals surface area contributed by atoms with Crippen LogP contribution in [0.4, 0.5) is 5.69 Å². The molecule has 2 aromatic carbocycles. The summed E-state index contributed by atoms with van der Waals surface area (Å²) in [5, 5.41) is 5.67. The van der Waals surface area contributed by atoms with Gasteiger partial charge in [0.05, 0.1) is 26.3 Å². The molecule has 32 heavy (non-hydrogen) atoms. The number of amides is 1. The number of benzene rings is 2. The van der Waals surface area contributed by atoms with Crippen molar-refractivity contribution < 1.29 is 14.3 Å². The third-order valence-electron chi connectivity index (χ3n) is 5.04. The van der Waals surface area contributed by atoms with Gasteiger partial charge in [0.1, 0.15) is 10.8 Å². The number of nitrogens with zero attached hydrogens (tertiary/aromatic N) is 3. The topological polar surface area (TPSA) is 78.3 Å². The largest absolute Gasteiger partial charge is 0.493 e. The molecule has 2 aromatic heterocycles. The smallest absolute Gasteiger partial charge is 0.230 e. The number of rotatable bonds is 8. The first-order valence-electron chi connectivity index (χ1n) is 10.1. The molecule has 0 radical (unpaired) electrons. The number of thiazole rings is 1. The second kappa shape index (κ2) is 9.65. The number of anilines is 1. The minimum Gasteiger partial charge on any atom is -0.493 e. The summed E-state index contributed by atoms with van der Waals surface area (Å²) >= 11 is 1.49. The van der Waals surface area contributed by atoms with E-state index in [1.807, 2.05) is 61.0 Å². The lowest BCUT2D eigenvalue weighted by Gasteiger charge is -2.08. The SMILES string of the molecule is COc1ccc(-c2nc(CC(=O)Nc3ccc(Cn4ccnc4C)cc3)cs2)cc1OC. The summed E-state index contributed by atoms with van der Waals surface area (Å²) in [4.78, 5) is 21.3. The molecule has 2 heterocycles. The summed E-state index contributed by atoms with van der Waals surface area (Å²) in [5.41, 5.74) is 3.55. The summed E-state index contributed by atoms with van der Waals surface area (Å²) in [6.45, 7) is 2.72. The van der Waals surface area contributed by atoms with Crippen LogP contribution in [0.1, 0.15) is 17.1 Å². The molecule has 0 atom stereocenters. The van der Waals surface area contributed by atoms with Gasteiger partial charge in [0.15, 0.2) is 11.5 Å². The van der Waals surface area contributed by atoms with Crippen LogP contribution in [-0.2, 0) is 17.8 Å². The highest BCUT2D eigenvalue weighted by atomic mass is 32.1. The van der Waals surface area contributed by atoms with Gasteiger partial charge in [-0.05, 0) is 42.8 Å². The molecule has 8 heteroatoms. The van der Waals surface area contributed by atoms with Gasteiger partial charge in [0.25, 0.3) is 0 Å². The molecule has 7 nitrogen and oxygen atoms in total. The number of carbonyl (C=O) groups excluding carboxylic acids is 1. The van der Waals surface area contributed by atoms with E-state index in [4.69, 9.17) is 9.47 Å². The van der Waals surface area contributed by atoms with Crippen LogP contribution >= 0.6 is 11.3 Å². The average molecular weight is 449 g/mol. The van der Waals surface area contributed by atoms with Crippen molar-refractivity contribution in [2.24, 2.45) is 0 Å². The zero-order valence-electron chi connectivity index (χ0n) is 18.2. The molecule has 164 valence electrons. The fraction of sp³-hybridized carbons (Fsp3) is 0.208. The maximum atomic E-state index is 12.5. The lowest BCUT2D eigenvalue weighted by atomic mass is 10.2. The second-order valence-corrected chi connectivity index (χ2v) is 8.10. The van der Waals surface area contributed by atoms with Gasteiger partial charge in [-0.15, -0.1) is 11.3 Å². The molecule has 0 bridgehead atoms. The molecule has 1 N–H and O–H groups in total. The van der Waals surface area contributed by atoms with Crippen LogP contribution in [0.2, 0.25) is 0 Å². The van der Waals surface area contributed by atoms with E-state index in [1.54, 1.807) is 20.4 Å². The maximum Gasteiger partial charge on any atom is 0.230 e. The van der Waals surface area contributed by atoms with Crippen LogP contribution in [0.5, 0.6) is 11.5 Å². The number of methoxy groups -OCH3 is 2. The number of imidazole rings is 1. The minimum absolute atomic E-state index is 0.104. The number of nitrogens with one attached hydrogen (secondary N) is 1.